The van der Waals surface area contributed by atoms with Gasteiger partial charge in [0.05, 0.1) is 11.4 Å². The standard InChI is InChI=1S/C10H13FN2/c11-8-3-4-9(12)10(7-8)13-5-1-2-6-13/h3-4,7H,1-2,5-6,12H2. The van der Waals surface area contributed by atoms with Gasteiger partial charge >= 0.3 is 0 Å². The summed E-state index contributed by atoms with van der Waals surface area (Å²) in [6.07, 6.45) is 2.35. The number of nitrogens with two attached hydrogens (primary N) is 1. The molecule has 0 bridgehead atoms. The molecule has 0 aromatic heterocycles. The van der Waals surface area contributed by atoms with Crippen LogP contribution in [-0.4, -0.2) is 13.1 Å². The highest BCUT2D eigenvalue weighted by atomic mass is 19.1. The van der Waals surface area contributed by atoms with Crippen molar-refractivity contribution in [2.75, 3.05) is 23.7 Å². The van der Waals surface area contributed by atoms with Crippen LogP contribution in [0.25, 0.3) is 0 Å². The first kappa shape index (κ1) is 8.35. The van der Waals surface area contributed by atoms with Crippen LogP contribution < -0.4 is 10.6 Å². The van der Waals surface area contributed by atoms with Gasteiger partial charge in [0.25, 0.3) is 0 Å². The maximum absolute atomic E-state index is 12.9. The molecule has 0 aliphatic carbocycles. The molecule has 1 aromatic rings. The molecule has 0 radical (unpaired) electrons. The Bertz CT molecular complexity index is 306. The fraction of sp³-hybridized carbons (Fsp3) is 0.400. The van der Waals surface area contributed by atoms with Gasteiger partial charge in [-0.1, -0.05) is 0 Å². The van der Waals surface area contributed by atoms with E-state index in [1.807, 2.05) is 0 Å². The third-order valence-electron chi connectivity index (χ3n) is 2.44. The van der Waals surface area contributed by atoms with Crippen LogP contribution in [-0.2, 0) is 0 Å². The van der Waals surface area contributed by atoms with Crippen LogP contribution in [0.1, 0.15) is 12.8 Å². The molecule has 0 saturated carbocycles. The minimum absolute atomic E-state index is 0.212. The average Bonchev–Trinajstić information content (AvgIpc) is 2.61. The molecule has 1 heterocycles. The number of hydrogen-bond acceptors (Lipinski definition) is 2. The van der Waals surface area contributed by atoms with Gasteiger partial charge in [-0.2, -0.15) is 0 Å². The molecule has 0 amide bonds. The lowest BCUT2D eigenvalue weighted by Crippen LogP contribution is -2.19. The second kappa shape index (κ2) is 3.24. The molecule has 1 aliphatic heterocycles. The van der Waals surface area contributed by atoms with E-state index in [0.717, 1.165) is 18.8 Å². The van der Waals surface area contributed by atoms with Crippen molar-refractivity contribution >= 4 is 11.4 Å². The maximum Gasteiger partial charge on any atom is 0.125 e. The van der Waals surface area contributed by atoms with E-state index in [2.05, 4.69) is 4.90 Å². The molecule has 2 N–H and O–H groups in total. The molecule has 1 fully saturated rings. The van der Waals surface area contributed by atoms with E-state index >= 15 is 0 Å². The van der Waals surface area contributed by atoms with Gasteiger partial charge in [0.2, 0.25) is 0 Å². The zero-order valence-corrected chi connectivity index (χ0v) is 7.46. The number of benzene rings is 1. The molecule has 0 spiro atoms. The van der Waals surface area contributed by atoms with Crippen molar-refractivity contribution < 1.29 is 4.39 Å². The van der Waals surface area contributed by atoms with E-state index in [4.69, 9.17) is 5.73 Å². The highest BCUT2D eigenvalue weighted by Crippen LogP contribution is 2.27. The van der Waals surface area contributed by atoms with Crippen molar-refractivity contribution in [2.45, 2.75) is 12.8 Å². The second-order valence-corrected chi connectivity index (χ2v) is 3.40. The lowest BCUT2D eigenvalue weighted by Gasteiger charge is -2.19. The molecule has 1 saturated heterocycles. The van der Waals surface area contributed by atoms with E-state index in [1.165, 1.54) is 25.0 Å². The fourth-order valence-corrected chi connectivity index (χ4v) is 1.75. The number of halogens is 1. The van der Waals surface area contributed by atoms with Gasteiger partial charge in [-0.3, -0.25) is 0 Å². The third-order valence-corrected chi connectivity index (χ3v) is 2.44. The lowest BCUT2D eigenvalue weighted by atomic mass is 10.2. The van der Waals surface area contributed by atoms with Crippen LogP contribution in [0.4, 0.5) is 15.8 Å². The van der Waals surface area contributed by atoms with Crippen molar-refractivity contribution in [1.82, 2.24) is 0 Å². The van der Waals surface area contributed by atoms with Gasteiger partial charge in [-0.05, 0) is 31.0 Å². The van der Waals surface area contributed by atoms with Gasteiger partial charge < -0.3 is 10.6 Å². The summed E-state index contributed by atoms with van der Waals surface area (Å²) in [5.74, 6) is -0.212. The SMILES string of the molecule is Nc1ccc(F)cc1N1CCCC1. The molecule has 1 aromatic carbocycles. The largest absolute Gasteiger partial charge is 0.397 e. The molecule has 1 aliphatic rings. The number of anilines is 2. The summed E-state index contributed by atoms with van der Waals surface area (Å²) in [7, 11) is 0. The van der Waals surface area contributed by atoms with Gasteiger partial charge in [-0.25, -0.2) is 4.39 Å². The van der Waals surface area contributed by atoms with Crippen LogP contribution in [0.3, 0.4) is 0 Å². The van der Waals surface area contributed by atoms with Crippen molar-refractivity contribution in [3.63, 3.8) is 0 Å². The Hall–Kier alpha value is -1.25. The quantitative estimate of drug-likeness (QED) is 0.670. The number of nitrogens with zero attached hydrogens (tertiary/aromatic N) is 1. The minimum atomic E-state index is -0.212. The second-order valence-electron chi connectivity index (χ2n) is 3.40. The Morgan fingerprint density at radius 3 is 2.62 bits per heavy atom. The first-order valence-electron chi connectivity index (χ1n) is 4.57. The van der Waals surface area contributed by atoms with Crippen LogP contribution >= 0.6 is 0 Å². The molecule has 70 valence electrons. The topological polar surface area (TPSA) is 29.3 Å². The summed E-state index contributed by atoms with van der Waals surface area (Å²) in [6.45, 7) is 1.99. The van der Waals surface area contributed by atoms with Crippen LogP contribution in [0.15, 0.2) is 18.2 Å². The fourth-order valence-electron chi connectivity index (χ4n) is 1.75. The Balaban J connectivity index is 2.32. The smallest absolute Gasteiger partial charge is 0.125 e. The van der Waals surface area contributed by atoms with E-state index in [0.29, 0.717) is 5.69 Å². The summed E-state index contributed by atoms with van der Waals surface area (Å²) >= 11 is 0. The summed E-state index contributed by atoms with van der Waals surface area (Å²) in [5.41, 5.74) is 7.28. The summed E-state index contributed by atoms with van der Waals surface area (Å²) in [5, 5.41) is 0. The number of hydrogen-bond donors (Lipinski definition) is 1. The van der Waals surface area contributed by atoms with E-state index in [1.54, 1.807) is 6.07 Å². The van der Waals surface area contributed by atoms with Gasteiger partial charge in [0, 0.05) is 13.1 Å². The highest BCUT2D eigenvalue weighted by Gasteiger charge is 2.14. The number of rotatable bonds is 1. The molecule has 2 nitrogen and oxygen atoms in total. The Morgan fingerprint density at radius 1 is 1.23 bits per heavy atom. The zero-order chi connectivity index (χ0) is 9.26. The van der Waals surface area contributed by atoms with E-state index in [9.17, 15) is 4.39 Å². The lowest BCUT2D eigenvalue weighted by molar-refractivity contribution is 0.627. The summed E-state index contributed by atoms with van der Waals surface area (Å²) in [4.78, 5) is 2.14. The molecular formula is C10H13FN2. The Labute approximate surface area is 77.2 Å². The molecular weight excluding hydrogens is 167 g/mol. The zero-order valence-electron chi connectivity index (χ0n) is 7.46. The highest BCUT2D eigenvalue weighted by molar-refractivity contribution is 5.67. The Kier molecular flexibility index (Phi) is 2.08. The van der Waals surface area contributed by atoms with Gasteiger partial charge in [0.1, 0.15) is 5.82 Å². The average molecular weight is 180 g/mol. The third kappa shape index (κ3) is 1.59. The van der Waals surface area contributed by atoms with Crippen LogP contribution in [0.5, 0.6) is 0 Å². The molecule has 0 atom stereocenters. The first-order chi connectivity index (χ1) is 6.27. The van der Waals surface area contributed by atoms with Crippen molar-refractivity contribution in [3.8, 4) is 0 Å². The van der Waals surface area contributed by atoms with Crippen molar-refractivity contribution in [2.24, 2.45) is 0 Å². The van der Waals surface area contributed by atoms with Gasteiger partial charge in [0.15, 0.2) is 0 Å². The van der Waals surface area contributed by atoms with Gasteiger partial charge in [-0.15, -0.1) is 0 Å². The van der Waals surface area contributed by atoms with Crippen molar-refractivity contribution in [3.05, 3.63) is 24.0 Å². The monoisotopic (exact) mass is 180 g/mol. The van der Waals surface area contributed by atoms with Crippen LogP contribution in [0, 0.1) is 5.82 Å². The molecule has 0 unspecified atom stereocenters. The molecule has 3 heteroatoms. The molecule has 13 heavy (non-hydrogen) atoms. The minimum Gasteiger partial charge on any atom is -0.397 e. The normalized spacial score (nSPS) is 16.5. The first-order valence-corrected chi connectivity index (χ1v) is 4.57. The summed E-state index contributed by atoms with van der Waals surface area (Å²) in [6, 6.07) is 4.54. The number of nitrogen functional groups attached to an aromatic ring is 1. The van der Waals surface area contributed by atoms with Crippen molar-refractivity contribution in [1.29, 1.82) is 0 Å². The summed E-state index contributed by atoms with van der Waals surface area (Å²) < 4.78 is 12.9. The van der Waals surface area contributed by atoms with E-state index < -0.39 is 0 Å². The van der Waals surface area contributed by atoms with Crippen LogP contribution in [0.2, 0.25) is 0 Å². The maximum atomic E-state index is 12.9. The van der Waals surface area contributed by atoms with E-state index in [-0.39, 0.29) is 5.82 Å². The predicted octanol–water partition coefficient (Wildman–Crippen LogP) is 2.01. The predicted molar refractivity (Wildman–Crippen MR) is 52.3 cm³/mol. The molecule has 2 rings (SSSR count). The Morgan fingerprint density at radius 2 is 1.92 bits per heavy atom.